The molecule has 108 valence electrons. The number of hydrogen-bond donors (Lipinski definition) is 1. The summed E-state index contributed by atoms with van der Waals surface area (Å²) in [4.78, 5) is 0. The van der Waals surface area contributed by atoms with Gasteiger partial charge in [-0.15, -0.1) is 0 Å². The fourth-order valence-corrected chi connectivity index (χ4v) is 1.77. The number of ether oxygens (including phenoxy) is 1. The summed E-state index contributed by atoms with van der Waals surface area (Å²) < 4.78 is 19.4. The van der Waals surface area contributed by atoms with Gasteiger partial charge in [0.1, 0.15) is 11.6 Å². The number of benzene rings is 1. The van der Waals surface area contributed by atoms with E-state index in [1.165, 1.54) is 6.07 Å². The van der Waals surface area contributed by atoms with Crippen molar-refractivity contribution in [2.24, 2.45) is 5.92 Å². The summed E-state index contributed by atoms with van der Waals surface area (Å²) in [5.41, 5.74) is 0.890. The maximum Gasteiger partial charge on any atom is 0.124 e. The van der Waals surface area contributed by atoms with Crippen molar-refractivity contribution in [3.63, 3.8) is 0 Å². The highest BCUT2D eigenvalue weighted by Crippen LogP contribution is 2.28. The van der Waals surface area contributed by atoms with Crippen molar-refractivity contribution in [2.75, 3.05) is 6.54 Å². The number of nitrogens with one attached hydrogen (secondary N) is 1. The summed E-state index contributed by atoms with van der Waals surface area (Å²) in [6, 6.07) is 4.84. The minimum Gasteiger partial charge on any atom is -0.490 e. The zero-order valence-electron chi connectivity index (χ0n) is 12.7. The molecule has 0 fully saturated rings. The zero-order chi connectivity index (χ0) is 14.4. The first-order valence-electron chi connectivity index (χ1n) is 7.15. The number of hydrogen-bond acceptors (Lipinski definition) is 2. The lowest BCUT2D eigenvalue weighted by molar-refractivity contribution is 0.167. The van der Waals surface area contributed by atoms with Crippen LogP contribution in [0.1, 0.15) is 52.6 Å². The molecule has 2 nitrogen and oxygen atoms in total. The molecule has 0 saturated heterocycles. The van der Waals surface area contributed by atoms with Gasteiger partial charge in [-0.25, -0.2) is 4.39 Å². The average molecular weight is 267 g/mol. The molecule has 1 N–H and O–H groups in total. The Morgan fingerprint density at radius 3 is 2.47 bits per heavy atom. The minimum absolute atomic E-state index is 0.0880. The Kier molecular flexibility index (Phi) is 6.29. The van der Waals surface area contributed by atoms with E-state index < -0.39 is 0 Å². The van der Waals surface area contributed by atoms with Crippen LogP contribution in [0.15, 0.2) is 18.2 Å². The average Bonchev–Trinajstić information content (AvgIpc) is 2.37. The molecule has 0 amide bonds. The van der Waals surface area contributed by atoms with Gasteiger partial charge in [0, 0.05) is 11.6 Å². The zero-order valence-corrected chi connectivity index (χ0v) is 12.7. The van der Waals surface area contributed by atoms with Crippen molar-refractivity contribution in [2.45, 2.75) is 53.2 Å². The molecule has 2 atom stereocenters. The van der Waals surface area contributed by atoms with Gasteiger partial charge in [0.25, 0.3) is 0 Å². The largest absolute Gasteiger partial charge is 0.490 e. The SMILES string of the molecule is CCCNC(C)c1cc(F)ccc1OC(C)C(C)C. The van der Waals surface area contributed by atoms with E-state index in [9.17, 15) is 4.39 Å². The summed E-state index contributed by atoms with van der Waals surface area (Å²) in [6.45, 7) is 11.3. The summed E-state index contributed by atoms with van der Waals surface area (Å²) in [5.74, 6) is 0.986. The lowest BCUT2D eigenvalue weighted by Crippen LogP contribution is -2.23. The van der Waals surface area contributed by atoms with Gasteiger partial charge in [-0.2, -0.15) is 0 Å². The highest BCUT2D eigenvalue weighted by Gasteiger charge is 2.16. The smallest absolute Gasteiger partial charge is 0.124 e. The summed E-state index contributed by atoms with van der Waals surface area (Å²) in [7, 11) is 0. The maximum absolute atomic E-state index is 13.4. The first-order valence-corrected chi connectivity index (χ1v) is 7.15. The Morgan fingerprint density at radius 2 is 1.89 bits per heavy atom. The number of halogens is 1. The molecule has 19 heavy (non-hydrogen) atoms. The van der Waals surface area contributed by atoms with Gasteiger partial charge < -0.3 is 10.1 Å². The molecule has 0 heterocycles. The first kappa shape index (κ1) is 16.0. The van der Waals surface area contributed by atoms with Crippen LogP contribution in [0.3, 0.4) is 0 Å². The lowest BCUT2D eigenvalue weighted by atomic mass is 10.1. The second kappa shape index (κ2) is 7.49. The van der Waals surface area contributed by atoms with Crippen LogP contribution >= 0.6 is 0 Å². The Balaban J connectivity index is 2.90. The minimum atomic E-state index is -0.218. The van der Waals surface area contributed by atoms with Gasteiger partial charge in [0.05, 0.1) is 6.10 Å². The van der Waals surface area contributed by atoms with Crippen LogP contribution in [0.5, 0.6) is 5.75 Å². The van der Waals surface area contributed by atoms with Crippen molar-refractivity contribution >= 4 is 0 Å². The fraction of sp³-hybridized carbons (Fsp3) is 0.625. The Labute approximate surface area is 116 Å². The molecule has 1 rings (SSSR count). The van der Waals surface area contributed by atoms with Crippen LogP contribution < -0.4 is 10.1 Å². The maximum atomic E-state index is 13.4. The molecule has 0 bridgehead atoms. The van der Waals surface area contributed by atoms with Crippen molar-refractivity contribution in [3.05, 3.63) is 29.6 Å². The summed E-state index contributed by atoms with van der Waals surface area (Å²) in [5, 5.41) is 3.37. The van der Waals surface area contributed by atoms with E-state index in [-0.39, 0.29) is 18.0 Å². The molecule has 0 aromatic heterocycles. The van der Waals surface area contributed by atoms with E-state index in [0.29, 0.717) is 5.92 Å². The van der Waals surface area contributed by atoms with E-state index in [1.807, 2.05) is 13.8 Å². The van der Waals surface area contributed by atoms with Gasteiger partial charge in [0.2, 0.25) is 0 Å². The van der Waals surface area contributed by atoms with Crippen LogP contribution in [-0.2, 0) is 0 Å². The third kappa shape index (κ3) is 4.83. The molecule has 3 heteroatoms. The second-order valence-corrected chi connectivity index (χ2v) is 5.42. The lowest BCUT2D eigenvalue weighted by Gasteiger charge is -2.23. The number of rotatable bonds is 7. The third-order valence-electron chi connectivity index (χ3n) is 3.39. The Bertz CT molecular complexity index is 392. The topological polar surface area (TPSA) is 21.3 Å². The fourth-order valence-electron chi connectivity index (χ4n) is 1.77. The molecule has 0 spiro atoms. The monoisotopic (exact) mass is 267 g/mol. The van der Waals surface area contributed by atoms with Gasteiger partial charge in [-0.3, -0.25) is 0 Å². The first-order chi connectivity index (χ1) is 8.95. The molecular formula is C16H26FNO. The molecule has 0 aliphatic heterocycles. The van der Waals surface area contributed by atoms with Crippen LogP contribution in [0.25, 0.3) is 0 Å². The molecule has 0 aliphatic rings. The second-order valence-electron chi connectivity index (χ2n) is 5.42. The van der Waals surface area contributed by atoms with Gasteiger partial charge in [-0.05, 0) is 50.9 Å². The van der Waals surface area contributed by atoms with Crippen LogP contribution in [0.2, 0.25) is 0 Å². The third-order valence-corrected chi connectivity index (χ3v) is 3.39. The molecule has 1 aromatic carbocycles. The summed E-state index contributed by atoms with van der Waals surface area (Å²) in [6.07, 6.45) is 1.17. The van der Waals surface area contributed by atoms with Crippen LogP contribution in [0.4, 0.5) is 4.39 Å². The van der Waals surface area contributed by atoms with E-state index in [0.717, 1.165) is 24.3 Å². The van der Waals surface area contributed by atoms with Crippen molar-refractivity contribution < 1.29 is 9.13 Å². The highest BCUT2D eigenvalue weighted by molar-refractivity contribution is 5.36. The normalized spacial score (nSPS) is 14.5. The van der Waals surface area contributed by atoms with Crippen LogP contribution in [-0.4, -0.2) is 12.6 Å². The van der Waals surface area contributed by atoms with Crippen LogP contribution in [0, 0.1) is 11.7 Å². The van der Waals surface area contributed by atoms with E-state index in [2.05, 4.69) is 26.1 Å². The van der Waals surface area contributed by atoms with Gasteiger partial charge in [0.15, 0.2) is 0 Å². The standard InChI is InChI=1S/C16H26FNO/c1-6-9-18-12(4)15-10-14(17)7-8-16(15)19-13(5)11(2)3/h7-8,10-13,18H,6,9H2,1-5H3. The predicted octanol–water partition coefficient (Wildman–Crippen LogP) is 4.31. The van der Waals surface area contributed by atoms with Crippen molar-refractivity contribution in [1.82, 2.24) is 5.32 Å². The Morgan fingerprint density at radius 1 is 1.21 bits per heavy atom. The molecule has 0 radical (unpaired) electrons. The molecule has 0 saturated carbocycles. The molecule has 0 aliphatic carbocycles. The van der Waals surface area contributed by atoms with Gasteiger partial charge >= 0.3 is 0 Å². The molecule has 2 unspecified atom stereocenters. The van der Waals surface area contributed by atoms with E-state index in [4.69, 9.17) is 4.74 Å². The Hall–Kier alpha value is -1.09. The van der Waals surface area contributed by atoms with E-state index >= 15 is 0 Å². The van der Waals surface area contributed by atoms with E-state index in [1.54, 1.807) is 12.1 Å². The quantitative estimate of drug-likeness (QED) is 0.795. The van der Waals surface area contributed by atoms with Crippen molar-refractivity contribution in [3.8, 4) is 5.75 Å². The molecule has 1 aromatic rings. The highest BCUT2D eigenvalue weighted by atomic mass is 19.1. The van der Waals surface area contributed by atoms with Gasteiger partial charge in [-0.1, -0.05) is 20.8 Å². The predicted molar refractivity (Wildman–Crippen MR) is 78.0 cm³/mol. The summed E-state index contributed by atoms with van der Waals surface area (Å²) >= 11 is 0. The molecular weight excluding hydrogens is 241 g/mol. The van der Waals surface area contributed by atoms with Crippen molar-refractivity contribution in [1.29, 1.82) is 0 Å².